The highest BCUT2D eigenvalue weighted by Gasteiger charge is 2.13. The van der Waals surface area contributed by atoms with Crippen LogP contribution in [0.2, 0.25) is 0 Å². The van der Waals surface area contributed by atoms with Gasteiger partial charge < -0.3 is 5.32 Å². The van der Waals surface area contributed by atoms with Crippen LogP contribution >= 0.6 is 0 Å². The van der Waals surface area contributed by atoms with E-state index in [4.69, 9.17) is 0 Å². The van der Waals surface area contributed by atoms with Gasteiger partial charge in [0.25, 0.3) is 0 Å². The smallest absolute Gasteiger partial charge is 0.00431 e. The van der Waals surface area contributed by atoms with Crippen LogP contribution in [0, 0.1) is 0 Å². The van der Waals surface area contributed by atoms with Crippen LogP contribution in [0.5, 0.6) is 0 Å². The minimum atomic E-state index is 0.799. The van der Waals surface area contributed by atoms with E-state index >= 15 is 0 Å². The molecule has 1 aliphatic rings. The Balaban J connectivity index is 0.000000169. The van der Waals surface area contributed by atoms with Crippen molar-refractivity contribution in [2.45, 2.75) is 18.8 Å². The summed E-state index contributed by atoms with van der Waals surface area (Å²) in [6.45, 7) is 2.36. The van der Waals surface area contributed by atoms with Gasteiger partial charge in [-0.3, -0.25) is 0 Å². The zero-order chi connectivity index (χ0) is 12.5. The number of piperidine rings is 1. The Morgan fingerprint density at radius 3 is 1.61 bits per heavy atom. The van der Waals surface area contributed by atoms with Crippen molar-refractivity contribution in [1.29, 1.82) is 0 Å². The molecule has 0 atom stereocenters. The quantitative estimate of drug-likeness (QED) is 0.797. The van der Waals surface area contributed by atoms with Crippen LogP contribution in [0.15, 0.2) is 66.7 Å². The van der Waals surface area contributed by atoms with Gasteiger partial charge in [-0.25, -0.2) is 0 Å². The molecule has 0 saturated carbocycles. The van der Waals surface area contributed by atoms with Crippen LogP contribution in [-0.4, -0.2) is 13.1 Å². The van der Waals surface area contributed by atoms with Gasteiger partial charge in [-0.2, -0.15) is 0 Å². The summed E-state index contributed by atoms with van der Waals surface area (Å²) in [5.41, 5.74) is 1.51. The van der Waals surface area contributed by atoms with Crippen molar-refractivity contribution in [1.82, 2.24) is 5.32 Å². The molecule has 0 amide bonds. The van der Waals surface area contributed by atoms with Crippen molar-refractivity contribution in [2.75, 3.05) is 13.1 Å². The monoisotopic (exact) mass is 239 g/mol. The Kier molecular flexibility index (Phi) is 5.48. The van der Waals surface area contributed by atoms with Crippen molar-refractivity contribution < 1.29 is 0 Å². The van der Waals surface area contributed by atoms with Gasteiger partial charge in [0.1, 0.15) is 0 Å². The summed E-state index contributed by atoms with van der Waals surface area (Å²) in [6.07, 6.45) is 2.59. The number of nitrogens with one attached hydrogen (secondary N) is 1. The number of rotatable bonds is 1. The second-order valence-electron chi connectivity index (χ2n) is 4.59. The topological polar surface area (TPSA) is 12.0 Å². The molecule has 0 aromatic heterocycles. The van der Waals surface area contributed by atoms with E-state index in [1.54, 1.807) is 0 Å². The van der Waals surface area contributed by atoms with E-state index in [0.717, 1.165) is 5.92 Å². The minimum absolute atomic E-state index is 0.799. The summed E-state index contributed by atoms with van der Waals surface area (Å²) in [4.78, 5) is 0. The predicted octanol–water partition coefficient (Wildman–Crippen LogP) is 3.84. The molecule has 3 rings (SSSR count). The van der Waals surface area contributed by atoms with E-state index < -0.39 is 0 Å². The third-order valence-corrected chi connectivity index (χ3v) is 3.28. The Morgan fingerprint density at radius 2 is 1.11 bits per heavy atom. The number of hydrogen-bond donors (Lipinski definition) is 1. The van der Waals surface area contributed by atoms with Gasteiger partial charge in [-0.1, -0.05) is 66.7 Å². The highest BCUT2D eigenvalue weighted by molar-refractivity contribution is 5.19. The predicted molar refractivity (Wildman–Crippen MR) is 77.7 cm³/mol. The Bertz CT molecular complexity index is 377. The number of hydrogen-bond acceptors (Lipinski definition) is 1. The second kappa shape index (κ2) is 7.67. The third-order valence-electron chi connectivity index (χ3n) is 3.28. The van der Waals surface area contributed by atoms with E-state index in [-0.39, 0.29) is 0 Å². The maximum Gasteiger partial charge on any atom is -0.00431 e. The average molecular weight is 239 g/mol. The fourth-order valence-electron chi connectivity index (χ4n) is 2.27. The lowest BCUT2D eigenvalue weighted by Gasteiger charge is -2.22. The van der Waals surface area contributed by atoms with Gasteiger partial charge in [0.15, 0.2) is 0 Å². The lowest BCUT2D eigenvalue weighted by atomic mass is 9.90. The fourth-order valence-corrected chi connectivity index (χ4v) is 2.27. The van der Waals surface area contributed by atoms with Gasteiger partial charge in [-0.15, -0.1) is 0 Å². The first-order valence-corrected chi connectivity index (χ1v) is 6.72. The van der Waals surface area contributed by atoms with E-state index in [2.05, 4.69) is 35.6 Å². The summed E-state index contributed by atoms with van der Waals surface area (Å²) in [7, 11) is 0. The maximum atomic E-state index is 3.38. The molecule has 0 aliphatic carbocycles. The summed E-state index contributed by atoms with van der Waals surface area (Å²) in [6, 6.07) is 22.9. The summed E-state index contributed by atoms with van der Waals surface area (Å²) < 4.78 is 0. The molecule has 0 radical (unpaired) electrons. The third kappa shape index (κ3) is 4.34. The SMILES string of the molecule is c1ccc(C2CCNCC2)cc1.c1ccccc1. The van der Waals surface area contributed by atoms with Crippen molar-refractivity contribution in [3.8, 4) is 0 Å². The van der Waals surface area contributed by atoms with Crippen LogP contribution in [0.3, 0.4) is 0 Å². The molecular weight excluding hydrogens is 218 g/mol. The van der Waals surface area contributed by atoms with Crippen LogP contribution in [0.1, 0.15) is 24.3 Å². The van der Waals surface area contributed by atoms with Crippen LogP contribution in [0.4, 0.5) is 0 Å². The first kappa shape index (κ1) is 12.8. The Labute approximate surface area is 110 Å². The Hall–Kier alpha value is -1.60. The number of benzene rings is 2. The van der Waals surface area contributed by atoms with Crippen LogP contribution in [-0.2, 0) is 0 Å². The average Bonchev–Trinajstić information content (AvgIpc) is 2.51. The van der Waals surface area contributed by atoms with Gasteiger partial charge in [0.2, 0.25) is 0 Å². The molecule has 1 aliphatic heterocycles. The summed E-state index contributed by atoms with van der Waals surface area (Å²) >= 11 is 0. The van der Waals surface area contributed by atoms with Crippen molar-refractivity contribution in [2.24, 2.45) is 0 Å². The molecule has 18 heavy (non-hydrogen) atoms. The van der Waals surface area contributed by atoms with Crippen molar-refractivity contribution >= 4 is 0 Å². The molecule has 2 aromatic carbocycles. The molecule has 1 nitrogen and oxygen atoms in total. The second-order valence-corrected chi connectivity index (χ2v) is 4.59. The lowest BCUT2D eigenvalue weighted by molar-refractivity contribution is 0.460. The first-order valence-electron chi connectivity index (χ1n) is 6.72. The fraction of sp³-hybridized carbons (Fsp3) is 0.294. The van der Waals surface area contributed by atoms with Gasteiger partial charge in [-0.05, 0) is 37.4 Å². The molecule has 1 heteroatoms. The zero-order valence-electron chi connectivity index (χ0n) is 10.8. The van der Waals surface area contributed by atoms with Crippen molar-refractivity contribution in [3.63, 3.8) is 0 Å². The molecule has 1 heterocycles. The first-order chi connectivity index (χ1) is 8.97. The molecule has 1 N–H and O–H groups in total. The van der Waals surface area contributed by atoms with Crippen LogP contribution < -0.4 is 5.32 Å². The van der Waals surface area contributed by atoms with Gasteiger partial charge in [0.05, 0.1) is 0 Å². The molecule has 1 fully saturated rings. The Morgan fingerprint density at radius 1 is 0.667 bits per heavy atom. The molecule has 0 unspecified atom stereocenters. The van der Waals surface area contributed by atoms with E-state index in [9.17, 15) is 0 Å². The molecule has 0 spiro atoms. The highest BCUT2D eigenvalue weighted by Crippen LogP contribution is 2.24. The lowest BCUT2D eigenvalue weighted by Crippen LogP contribution is -2.26. The van der Waals surface area contributed by atoms with E-state index in [1.165, 1.54) is 31.5 Å². The molecule has 1 saturated heterocycles. The molecule has 94 valence electrons. The van der Waals surface area contributed by atoms with E-state index in [1.807, 2.05) is 36.4 Å². The highest BCUT2D eigenvalue weighted by atomic mass is 14.9. The van der Waals surface area contributed by atoms with Gasteiger partial charge in [0, 0.05) is 0 Å². The summed E-state index contributed by atoms with van der Waals surface area (Å²) in [5.74, 6) is 0.799. The van der Waals surface area contributed by atoms with Crippen molar-refractivity contribution in [3.05, 3.63) is 72.3 Å². The largest absolute Gasteiger partial charge is 0.317 e. The zero-order valence-corrected chi connectivity index (χ0v) is 10.8. The van der Waals surface area contributed by atoms with Crippen LogP contribution in [0.25, 0.3) is 0 Å². The normalized spacial score (nSPS) is 15.6. The minimum Gasteiger partial charge on any atom is -0.317 e. The van der Waals surface area contributed by atoms with E-state index in [0.29, 0.717) is 0 Å². The van der Waals surface area contributed by atoms with Gasteiger partial charge >= 0.3 is 0 Å². The molecule has 2 aromatic rings. The molecule has 0 bridgehead atoms. The summed E-state index contributed by atoms with van der Waals surface area (Å²) in [5, 5.41) is 3.38. The molecular formula is C17H21N. The standard InChI is InChI=1S/C11H15N.C6H6/c1-2-4-10(5-3-1)11-6-8-12-9-7-11;1-2-4-6-5-3-1/h1-5,11-12H,6-9H2;1-6H. The maximum absolute atomic E-state index is 3.38.